The molecule has 0 saturated carbocycles. The van der Waals surface area contributed by atoms with E-state index < -0.39 is 6.04 Å². The Morgan fingerprint density at radius 2 is 0.855 bits per heavy atom. The average Bonchev–Trinajstić information content (AvgIpc) is 3.68. The number of hydrogen-bond donors (Lipinski definition) is 0. The largest absolute Gasteiger partial charge is 0.456 e. The Labute approximate surface area is 326 Å². The van der Waals surface area contributed by atoms with Crippen LogP contribution >= 0.6 is 0 Å². The molecule has 1 heteroatoms. The summed E-state index contributed by atoms with van der Waals surface area (Å²) in [5.41, 5.74) is 10.4. The summed E-state index contributed by atoms with van der Waals surface area (Å²) in [4.78, 5) is 0. The molecule has 0 amide bonds. The number of para-hydroxylation sites is 1. The van der Waals surface area contributed by atoms with Crippen LogP contribution < -0.4 is 0 Å². The molecule has 11 rings (SSSR count). The summed E-state index contributed by atoms with van der Waals surface area (Å²) in [6, 6.07) is 58.8. The molecule has 11 aromatic rings. The van der Waals surface area contributed by atoms with Crippen molar-refractivity contribution in [2.45, 2.75) is 0 Å². The van der Waals surface area contributed by atoms with E-state index in [4.69, 9.17) is 8.53 Å². The molecule has 0 atom stereocenters. The Balaban J connectivity index is 1.26. The molecule has 0 unspecified atom stereocenters. The van der Waals surface area contributed by atoms with Crippen molar-refractivity contribution in [3.8, 4) is 55.6 Å². The van der Waals surface area contributed by atoms with Crippen LogP contribution in [0.4, 0.5) is 0 Å². The van der Waals surface area contributed by atoms with E-state index in [1.54, 1.807) is 0 Å². The maximum Gasteiger partial charge on any atom is 0.136 e. The van der Waals surface area contributed by atoms with Gasteiger partial charge in [-0.25, -0.2) is 0 Å². The summed E-state index contributed by atoms with van der Waals surface area (Å²) in [5.74, 6) is 0. The lowest BCUT2D eigenvalue weighted by atomic mass is 9.83. The number of rotatable bonds is 5. The second-order valence-electron chi connectivity index (χ2n) is 14.1. The molecule has 0 bridgehead atoms. The van der Waals surface area contributed by atoms with E-state index in [2.05, 4.69) is 133 Å². The van der Waals surface area contributed by atoms with Crippen molar-refractivity contribution >= 4 is 54.3 Å². The van der Waals surface area contributed by atoms with Gasteiger partial charge in [0.05, 0.1) is 6.85 Å². The summed E-state index contributed by atoms with van der Waals surface area (Å²) in [5, 5.41) is 7.74. The van der Waals surface area contributed by atoms with E-state index >= 15 is 0 Å². The van der Waals surface area contributed by atoms with Crippen LogP contribution in [0.5, 0.6) is 0 Å². The highest BCUT2D eigenvalue weighted by atomic mass is 16.3. The van der Waals surface area contributed by atoms with E-state index in [9.17, 15) is 2.74 Å². The number of benzene rings is 10. The van der Waals surface area contributed by atoms with Crippen molar-refractivity contribution in [3.63, 3.8) is 0 Å². The van der Waals surface area contributed by atoms with Gasteiger partial charge in [0.25, 0.3) is 0 Å². The lowest BCUT2D eigenvalue weighted by Crippen LogP contribution is -1.93. The molecule has 0 spiro atoms. The molecular weight excluding hydrogens is 665 g/mol. The minimum Gasteiger partial charge on any atom is -0.456 e. The molecule has 0 aliphatic carbocycles. The van der Waals surface area contributed by atoms with Crippen molar-refractivity contribution in [3.05, 3.63) is 206 Å². The summed E-state index contributed by atoms with van der Waals surface area (Å²) in [6.45, 7) is 0. The first-order valence-corrected chi connectivity index (χ1v) is 18.5. The van der Waals surface area contributed by atoms with Gasteiger partial charge in [0.2, 0.25) is 0 Å². The van der Waals surface area contributed by atoms with Gasteiger partial charge in [-0.2, -0.15) is 0 Å². The first-order valence-electron chi connectivity index (χ1n) is 21.0. The Bertz CT molecular complexity index is 3510. The highest BCUT2D eigenvalue weighted by molar-refractivity contribution is 6.22. The van der Waals surface area contributed by atoms with Gasteiger partial charge in [-0.05, 0) is 130 Å². The Kier molecular flexibility index (Phi) is 6.14. The Hall–Kier alpha value is -7.22. The summed E-state index contributed by atoms with van der Waals surface area (Å²) < 4.78 is 51.2. The van der Waals surface area contributed by atoms with E-state index in [-0.39, 0.29) is 29.7 Å². The van der Waals surface area contributed by atoms with Gasteiger partial charge in [0.1, 0.15) is 11.2 Å². The second kappa shape index (κ2) is 12.7. The third kappa shape index (κ3) is 5.24. The van der Waals surface area contributed by atoms with Gasteiger partial charge in [-0.15, -0.1) is 0 Å². The van der Waals surface area contributed by atoms with Crippen LogP contribution in [-0.4, -0.2) is 0 Å². The standard InChI is InChI=1S/C54H34O/c1-4-14-35(15-5-1)48-33-42(30-41-20-10-11-21-43(41)48)39-26-29-47-50(32-39)54(37-18-8-3-9-19-37)49-31-38(25-28-46(49)53(47)36-16-6-2-7-17-36)40-24-27-45-44-22-12-13-23-51(44)55-52(45)34-40/h1-34H/i3D,8D,9D,18D,19D. The zero-order chi connectivity index (χ0) is 40.6. The van der Waals surface area contributed by atoms with Crippen LogP contribution in [0.1, 0.15) is 6.85 Å². The van der Waals surface area contributed by atoms with Gasteiger partial charge in [0.15, 0.2) is 0 Å². The Morgan fingerprint density at radius 1 is 0.309 bits per heavy atom. The average molecular weight is 704 g/mol. The van der Waals surface area contributed by atoms with Crippen LogP contribution in [0, 0.1) is 0 Å². The highest BCUT2D eigenvalue weighted by Gasteiger charge is 2.19. The number of hydrogen-bond acceptors (Lipinski definition) is 1. The minimum absolute atomic E-state index is 0.168. The van der Waals surface area contributed by atoms with Gasteiger partial charge < -0.3 is 4.42 Å². The molecule has 10 aromatic carbocycles. The molecule has 0 aliphatic rings. The lowest BCUT2D eigenvalue weighted by Gasteiger charge is -2.20. The van der Waals surface area contributed by atoms with Gasteiger partial charge in [0, 0.05) is 10.8 Å². The van der Waals surface area contributed by atoms with E-state index in [1.165, 1.54) is 0 Å². The molecule has 0 fully saturated rings. The monoisotopic (exact) mass is 703 g/mol. The zero-order valence-electron chi connectivity index (χ0n) is 34.7. The Morgan fingerprint density at radius 3 is 1.58 bits per heavy atom. The molecule has 1 heterocycles. The fourth-order valence-corrected chi connectivity index (χ4v) is 8.39. The predicted molar refractivity (Wildman–Crippen MR) is 233 cm³/mol. The molecule has 55 heavy (non-hydrogen) atoms. The first-order chi connectivity index (χ1) is 29.3. The normalized spacial score (nSPS) is 12.9. The third-order valence-corrected chi connectivity index (χ3v) is 10.9. The summed E-state index contributed by atoms with van der Waals surface area (Å²) in [7, 11) is 0. The third-order valence-electron chi connectivity index (χ3n) is 10.9. The van der Waals surface area contributed by atoms with Crippen LogP contribution in [-0.2, 0) is 0 Å². The topological polar surface area (TPSA) is 13.1 Å². The van der Waals surface area contributed by atoms with Crippen molar-refractivity contribution in [2.24, 2.45) is 0 Å². The zero-order valence-corrected chi connectivity index (χ0v) is 29.7. The smallest absolute Gasteiger partial charge is 0.136 e. The maximum absolute atomic E-state index is 9.35. The van der Waals surface area contributed by atoms with Crippen molar-refractivity contribution in [1.82, 2.24) is 0 Å². The quantitative estimate of drug-likeness (QED) is 0.163. The molecule has 0 N–H and O–H groups in total. The van der Waals surface area contributed by atoms with E-state index in [0.717, 1.165) is 98.8 Å². The predicted octanol–water partition coefficient (Wildman–Crippen LogP) is 15.4. The molecule has 0 saturated heterocycles. The molecular formula is C54H34O. The van der Waals surface area contributed by atoms with Crippen molar-refractivity contribution in [1.29, 1.82) is 0 Å². The second-order valence-corrected chi connectivity index (χ2v) is 14.1. The van der Waals surface area contributed by atoms with Gasteiger partial charge in [-0.3, -0.25) is 0 Å². The highest BCUT2D eigenvalue weighted by Crippen LogP contribution is 2.46. The summed E-state index contributed by atoms with van der Waals surface area (Å²) in [6.07, 6.45) is 0. The SMILES string of the molecule is [2H]c1c([2H])c([2H])c(-c2c3cc(-c4cc(-c5ccccc5)c5ccccc5c4)ccc3c(-c3ccccc3)c3ccc(-c4ccc5c(c4)oc4ccccc45)cc23)c([2H])c1[2H]. The van der Waals surface area contributed by atoms with Crippen molar-refractivity contribution in [2.75, 3.05) is 0 Å². The molecule has 0 radical (unpaired) electrons. The van der Waals surface area contributed by atoms with E-state index in [1.807, 2.05) is 42.5 Å². The molecule has 0 aliphatic heterocycles. The van der Waals surface area contributed by atoms with Crippen LogP contribution in [0.3, 0.4) is 0 Å². The maximum atomic E-state index is 9.35. The van der Waals surface area contributed by atoms with Crippen LogP contribution in [0.25, 0.3) is 110 Å². The number of fused-ring (bicyclic) bond motifs is 6. The fourth-order valence-electron chi connectivity index (χ4n) is 8.39. The number of furan rings is 1. The van der Waals surface area contributed by atoms with E-state index in [0.29, 0.717) is 5.56 Å². The van der Waals surface area contributed by atoms with Gasteiger partial charge in [-0.1, -0.05) is 164 Å². The summed E-state index contributed by atoms with van der Waals surface area (Å²) >= 11 is 0. The molecule has 1 nitrogen and oxygen atoms in total. The first kappa shape index (κ1) is 26.5. The van der Waals surface area contributed by atoms with Crippen molar-refractivity contribution < 1.29 is 11.3 Å². The van der Waals surface area contributed by atoms with Crippen LogP contribution in [0.2, 0.25) is 0 Å². The lowest BCUT2D eigenvalue weighted by molar-refractivity contribution is 0.669. The molecule has 1 aromatic heterocycles. The minimum atomic E-state index is -0.423. The van der Waals surface area contributed by atoms with Gasteiger partial charge >= 0.3 is 0 Å². The molecule has 256 valence electrons. The fraction of sp³-hybridized carbons (Fsp3) is 0. The van der Waals surface area contributed by atoms with Crippen LogP contribution in [0.15, 0.2) is 211 Å².